The molecule has 0 aromatic heterocycles. The van der Waals surface area contributed by atoms with Crippen LogP contribution in [0, 0.1) is 0 Å². The highest BCUT2D eigenvalue weighted by Gasteiger charge is 2.03. The molecule has 0 aliphatic carbocycles. The fourth-order valence-corrected chi connectivity index (χ4v) is 2.23. The lowest BCUT2D eigenvalue weighted by atomic mass is 10.1. The molecule has 0 aliphatic heterocycles. The summed E-state index contributed by atoms with van der Waals surface area (Å²) in [6, 6.07) is 14.8. The molecule has 0 radical (unpaired) electrons. The van der Waals surface area contributed by atoms with Gasteiger partial charge in [-0.1, -0.05) is 36.4 Å². The van der Waals surface area contributed by atoms with Crippen LogP contribution in [-0.4, -0.2) is 29.6 Å². The second-order valence-electron chi connectivity index (χ2n) is 4.92. The molecule has 1 N–H and O–H groups in total. The van der Waals surface area contributed by atoms with Gasteiger partial charge in [0.15, 0.2) is 0 Å². The number of carbonyl (C=O) groups is 1. The first-order valence-corrected chi connectivity index (χ1v) is 6.53. The first kappa shape index (κ1) is 13.6. The minimum atomic E-state index is -0.723. The van der Waals surface area contributed by atoms with E-state index < -0.39 is 5.97 Å². The van der Waals surface area contributed by atoms with E-state index in [2.05, 4.69) is 35.2 Å². The van der Waals surface area contributed by atoms with Gasteiger partial charge in [0, 0.05) is 13.0 Å². The van der Waals surface area contributed by atoms with E-state index in [0.717, 1.165) is 13.1 Å². The third-order valence-corrected chi connectivity index (χ3v) is 3.20. The number of nitrogens with zero attached hydrogens (tertiary/aromatic N) is 1. The van der Waals surface area contributed by atoms with Crippen molar-refractivity contribution < 1.29 is 9.90 Å². The van der Waals surface area contributed by atoms with Crippen molar-refractivity contribution in [3.8, 4) is 0 Å². The molecule has 0 atom stereocenters. The Bertz CT molecular complexity index is 565. The average molecular weight is 257 g/mol. The molecular formula is C16H19NO2. The van der Waals surface area contributed by atoms with Crippen LogP contribution in [0.5, 0.6) is 0 Å². The van der Waals surface area contributed by atoms with Gasteiger partial charge in [-0.25, -0.2) is 0 Å². The van der Waals surface area contributed by atoms with E-state index in [1.807, 2.05) is 19.2 Å². The normalized spacial score (nSPS) is 11.1. The third kappa shape index (κ3) is 4.07. The predicted octanol–water partition coefficient (Wildman–Crippen LogP) is 3.14. The van der Waals surface area contributed by atoms with Crippen molar-refractivity contribution in [3.63, 3.8) is 0 Å². The van der Waals surface area contributed by atoms with Crippen molar-refractivity contribution >= 4 is 16.7 Å². The van der Waals surface area contributed by atoms with Crippen molar-refractivity contribution in [2.75, 3.05) is 13.6 Å². The maximum absolute atomic E-state index is 10.5. The predicted molar refractivity (Wildman–Crippen MR) is 77.2 cm³/mol. The number of fused-ring (bicyclic) bond motifs is 1. The Kier molecular flexibility index (Phi) is 4.53. The van der Waals surface area contributed by atoms with Gasteiger partial charge in [-0.05, 0) is 42.4 Å². The summed E-state index contributed by atoms with van der Waals surface area (Å²) in [7, 11) is 2.02. The zero-order valence-electron chi connectivity index (χ0n) is 11.2. The Balaban J connectivity index is 1.95. The number of carboxylic acids is 1. The van der Waals surface area contributed by atoms with E-state index in [4.69, 9.17) is 5.11 Å². The van der Waals surface area contributed by atoms with Crippen molar-refractivity contribution in [2.24, 2.45) is 0 Å². The van der Waals surface area contributed by atoms with Crippen LogP contribution < -0.4 is 0 Å². The largest absolute Gasteiger partial charge is 0.481 e. The highest BCUT2D eigenvalue weighted by molar-refractivity contribution is 5.82. The van der Waals surface area contributed by atoms with Crippen LogP contribution in [0.2, 0.25) is 0 Å². The summed E-state index contributed by atoms with van der Waals surface area (Å²) in [6.07, 6.45) is 0.932. The van der Waals surface area contributed by atoms with Crippen LogP contribution in [0.1, 0.15) is 18.4 Å². The van der Waals surface area contributed by atoms with Gasteiger partial charge < -0.3 is 10.0 Å². The number of rotatable bonds is 6. The van der Waals surface area contributed by atoms with Gasteiger partial charge in [-0.15, -0.1) is 0 Å². The summed E-state index contributed by atoms with van der Waals surface area (Å²) in [4.78, 5) is 12.6. The smallest absolute Gasteiger partial charge is 0.303 e. The summed E-state index contributed by atoms with van der Waals surface area (Å²) >= 11 is 0. The fourth-order valence-electron chi connectivity index (χ4n) is 2.23. The number of hydrogen-bond acceptors (Lipinski definition) is 2. The molecule has 0 amide bonds. The highest BCUT2D eigenvalue weighted by atomic mass is 16.4. The monoisotopic (exact) mass is 257 g/mol. The van der Waals surface area contributed by atoms with Gasteiger partial charge in [-0.2, -0.15) is 0 Å². The minimum absolute atomic E-state index is 0.238. The summed E-state index contributed by atoms with van der Waals surface area (Å²) in [5.74, 6) is -0.723. The minimum Gasteiger partial charge on any atom is -0.481 e. The zero-order chi connectivity index (χ0) is 13.7. The van der Waals surface area contributed by atoms with Gasteiger partial charge in [0.25, 0.3) is 0 Å². The maximum Gasteiger partial charge on any atom is 0.303 e. The second-order valence-corrected chi connectivity index (χ2v) is 4.92. The van der Waals surface area contributed by atoms with E-state index in [1.54, 1.807) is 0 Å². The highest BCUT2D eigenvalue weighted by Crippen LogP contribution is 2.16. The average Bonchev–Trinajstić information content (AvgIpc) is 2.38. The van der Waals surface area contributed by atoms with E-state index in [-0.39, 0.29) is 6.42 Å². The molecule has 2 aromatic rings. The molecule has 0 unspecified atom stereocenters. The van der Waals surface area contributed by atoms with Crippen LogP contribution >= 0.6 is 0 Å². The summed E-state index contributed by atoms with van der Waals surface area (Å²) in [5.41, 5.74) is 1.26. The van der Waals surface area contributed by atoms with Gasteiger partial charge in [-0.3, -0.25) is 4.79 Å². The summed E-state index contributed by atoms with van der Waals surface area (Å²) < 4.78 is 0. The lowest BCUT2D eigenvalue weighted by molar-refractivity contribution is -0.137. The summed E-state index contributed by atoms with van der Waals surface area (Å²) in [5, 5.41) is 11.1. The molecule has 0 saturated carbocycles. The van der Waals surface area contributed by atoms with Crippen molar-refractivity contribution in [1.82, 2.24) is 4.90 Å². The molecule has 19 heavy (non-hydrogen) atoms. The number of benzene rings is 2. The zero-order valence-corrected chi connectivity index (χ0v) is 11.2. The van der Waals surface area contributed by atoms with Crippen molar-refractivity contribution in [1.29, 1.82) is 0 Å². The molecule has 0 bridgehead atoms. The lowest BCUT2D eigenvalue weighted by Gasteiger charge is -2.16. The quantitative estimate of drug-likeness (QED) is 0.864. The number of aliphatic carboxylic acids is 1. The standard InChI is InChI=1S/C16H19NO2/c1-17(10-4-7-16(18)19)12-13-8-9-14-5-2-3-6-15(14)11-13/h2-3,5-6,8-9,11H,4,7,10,12H2,1H3,(H,18,19). The van der Waals surface area contributed by atoms with E-state index in [1.165, 1.54) is 16.3 Å². The van der Waals surface area contributed by atoms with Crippen LogP contribution in [-0.2, 0) is 11.3 Å². The van der Waals surface area contributed by atoms with Crippen LogP contribution in [0.15, 0.2) is 42.5 Å². The number of carboxylic acid groups (broad SMARTS) is 1. The first-order valence-electron chi connectivity index (χ1n) is 6.53. The topological polar surface area (TPSA) is 40.5 Å². The van der Waals surface area contributed by atoms with E-state index in [0.29, 0.717) is 6.42 Å². The van der Waals surface area contributed by atoms with Gasteiger partial charge >= 0.3 is 5.97 Å². The first-order chi connectivity index (χ1) is 9.15. The summed E-state index contributed by atoms with van der Waals surface area (Å²) in [6.45, 7) is 1.66. The molecule has 0 fully saturated rings. The SMILES string of the molecule is CN(CCCC(=O)O)Cc1ccc2ccccc2c1. The Labute approximate surface area is 113 Å². The molecule has 3 heteroatoms. The van der Waals surface area contributed by atoms with Crippen LogP contribution in [0.3, 0.4) is 0 Å². The molecular weight excluding hydrogens is 238 g/mol. The molecule has 3 nitrogen and oxygen atoms in total. The van der Waals surface area contributed by atoms with Crippen LogP contribution in [0.25, 0.3) is 10.8 Å². The Morgan fingerprint density at radius 1 is 1.16 bits per heavy atom. The Morgan fingerprint density at radius 2 is 1.89 bits per heavy atom. The Morgan fingerprint density at radius 3 is 2.63 bits per heavy atom. The lowest BCUT2D eigenvalue weighted by Crippen LogP contribution is -2.19. The van der Waals surface area contributed by atoms with Crippen LogP contribution in [0.4, 0.5) is 0 Å². The fraction of sp³-hybridized carbons (Fsp3) is 0.312. The van der Waals surface area contributed by atoms with Gasteiger partial charge in [0.05, 0.1) is 0 Å². The van der Waals surface area contributed by atoms with E-state index >= 15 is 0 Å². The van der Waals surface area contributed by atoms with Crippen molar-refractivity contribution in [2.45, 2.75) is 19.4 Å². The van der Waals surface area contributed by atoms with Gasteiger partial charge in [0.2, 0.25) is 0 Å². The number of hydrogen-bond donors (Lipinski definition) is 1. The van der Waals surface area contributed by atoms with E-state index in [9.17, 15) is 4.79 Å². The van der Waals surface area contributed by atoms with Gasteiger partial charge in [0.1, 0.15) is 0 Å². The molecule has 0 aliphatic rings. The molecule has 0 saturated heterocycles. The van der Waals surface area contributed by atoms with Crippen molar-refractivity contribution in [3.05, 3.63) is 48.0 Å². The molecule has 100 valence electrons. The molecule has 0 spiro atoms. The molecule has 0 heterocycles. The molecule has 2 rings (SSSR count). The third-order valence-electron chi connectivity index (χ3n) is 3.20. The second kappa shape index (κ2) is 6.34. The molecule has 2 aromatic carbocycles. The Hall–Kier alpha value is -1.87. The maximum atomic E-state index is 10.5.